The molecule has 182 valence electrons. The maximum atomic E-state index is 13.0. The molecule has 1 N–H and O–H groups in total. The van der Waals surface area contributed by atoms with E-state index in [-0.39, 0.29) is 35.9 Å². The summed E-state index contributed by atoms with van der Waals surface area (Å²) in [6.45, 7) is 0.466. The van der Waals surface area contributed by atoms with E-state index in [1.807, 2.05) is 0 Å². The van der Waals surface area contributed by atoms with Crippen LogP contribution in [0, 0.1) is 16.0 Å². The van der Waals surface area contributed by atoms with E-state index in [1.54, 1.807) is 11.0 Å². The van der Waals surface area contributed by atoms with Crippen LogP contribution in [0.15, 0.2) is 36.4 Å². The number of alkyl halides is 3. The summed E-state index contributed by atoms with van der Waals surface area (Å²) in [5, 5.41) is 14.1. The molecule has 9 nitrogen and oxygen atoms in total. The summed E-state index contributed by atoms with van der Waals surface area (Å²) in [6, 6.07) is 6.94. The highest BCUT2D eigenvalue weighted by Gasteiger charge is 2.35. The number of rotatable bonds is 6. The van der Waals surface area contributed by atoms with Crippen molar-refractivity contribution in [3.05, 3.63) is 57.6 Å². The molecule has 0 radical (unpaired) electrons. The number of carbonyl (C=O) groups is 2. The molecule has 0 aromatic heterocycles. The fourth-order valence-corrected chi connectivity index (χ4v) is 3.77. The number of nitrogens with one attached hydrogen (secondary N) is 1. The van der Waals surface area contributed by atoms with Crippen LogP contribution in [-0.2, 0) is 15.7 Å². The lowest BCUT2D eigenvalue weighted by Crippen LogP contribution is -2.38. The van der Waals surface area contributed by atoms with Gasteiger partial charge in [-0.3, -0.25) is 14.9 Å². The third kappa shape index (κ3) is 5.38. The molecule has 3 rings (SSSR count). The topological polar surface area (TPSA) is 111 Å². The maximum Gasteiger partial charge on any atom is 0.416 e. The number of piperidine rings is 1. The number of nitro benzene ring substituents is 1. The van der Waals surface area contributed by atoms with Crippen LogP contribution in [0.4, 0.5) is 30.2 Å². The molecular weight excluding hydrogens is 459 g/mol. The minimum atomic E-state index is -4.70. The van der Waals surface area contributed by atoms with Crippen molar-refractivity contribution in [2.75, 3.05) is 37.5 Å². The third-order valence-electron chi connectivity index (χ3n) is 5.60. The van der Waals surface area contributed by atoms with Crippen LogP contribution in [0.25, 0.3) is 0 Å². The smallest absolute Gasteiger partial charge is 0.416 e. The van der Waals surface area contributed by atoms with E-state index in [0.717, 1.165) is 12.1 Å². The Hall–Kier alpha value is -3.83. The Morgan fingerprint density at radius 1 is 1.12 bits per heavy atom. The Morgan fingerprint density at radius 2 is 1.79 bits per heavy atom. The van der Waals surface area contributed by atoms with Crippen molar-refractivity contribution in [2.24, 2.45) is 5.92 Å². The van der Waals surface area contributed by atoms with Gasteiger partial charge in [-0.1, -0.05) is 0 Å². The number of benzene rings is 2. The Kier molecular flexibility index (Phi) is 7.28. The van der Waals surface area contributed by atoms with Gasteiger partial charge in [0.2, 0.25) is 5.91 Å². The van der Waals surface area contributed by atoms with Crippen molar-refractivity contribution in [2.45, 2.75) is 19.0 Å². The lowest BCUT2D eigenvalue weighted by molar-refractivity contribution is -0.384. The average Bonchev–Trinajstić information content (AvgIpc) is 2.82. The molecule has 12 heteroatoms. The average molecular weight is 481 g/mol. The van der Waals surface area contributed by atoms with Crippen LogP contribution in [0.3, 0.4) is 0 Å². The summed E-state index contributed by atoms with van der Waals surface area (Å²) in [6.07, 6.45) is -4.07. The second-order valence-corrected chi connectivity index (χ2v) is 7.61. The van der Waals surface area contributed by atoms with Crippen molar-refractivity contribution in [3.63, 3.8) is 0 Å². The van der Waals surface area contributed by atoms with Gasteiger partial charge in [0.25, 0.3) is 5.69 Å². The number of anilines is 2. The number of nitrogens with zero attached hydrogens (tertiary/aromatic N) is 2. The van der Waals surface area contributed by atoms with Gasteiger partial charge in [0.1, 0.15) is 11.4 Å². The number of carbonyl (C=O) groups excluding carboxylic acids is 2. The maximum absolute atomic E-state index is 13.0. The number of nitro groups is 1. The lowest BCUT2D eigenvalue weighted by Gasteiger charge is -2.32. The molecule has 0 atom stereocenters. The molecule has 1 fully saturated rings. The minimum Gasteiger partial charge on any atom is -0.497 e. The SMILES string of the molecule is COC(=O)c1cc(OC)ccc1NC(=O)C1CCN(c2ccc(C(F)(F)F)cc2[N+](=O)[O-])CC1. The van der Waals surface area contributed by atoms with E-state index in [9.17, 15) is 32.9 Å². The summed E-state index contributed by atoms with van der Waals surface area (Å²) < 4.78 is 48.7. The fourth-order valence-electron chi connectivity index (χ4n) is 3.77. The molecule has 1 saturated heterocycles. The first-order chi connectivity index (χ1) is 16.0. The standard InChI is InChI=1S/C22H22F3N3O6/c1-33-15-4-5-17(16(12-15)21(30)34-2)26-20(29)13-7-9-27(10-8-13)18-6-3-14(22(23,24)25)11-19(18)28(31)32/h3-6,11-13H,7-10H2,1-2H3,(H,26,29). The highest BCUT2D eigenvalue weighted by Crippen LogP contribution is 2.38. The Bertz CT molecular complexity index is 1100. The van der Waals surface area contributed by atoms with E-state index in [4.69, 9.17) is 9.47 Å². The van der Waals surface area contributed by atoms with Crippen LogP contribution in [0.1, 0.15) is 28.8 Å². The van der Waals surface area contributed by atoms with Gasteiger partial charge in [-0.2, -0.15) is 13.2 Å². The predicted octanol–water partition coefficient (Wildman–Crippen LogP) is 4.26. The monoisotopic (exact) mass is 481 g/mol. The van der Waals surface area contributed by atoms with Crippen molar-refractivity contribution < 1.29 is 37.2 Å². The second kappa shape index (κ2) is 9.98. The van der Waals surface area contributed by atoms with E-state index >= 15 is 0 Å². The first-order valence-corrected chi connectivity index (χ1v) is 10.2. The molecule has 1 heterocycles. The summed E-state index contributed by atoms with van der Waals surface area (Å²) in [4.78, 5) is 37.0. The van der Waals surface area contributed by atoms with Gasteiger partial charge < -0.3 is 19.7 Å². The first kappa shape index (κ1) is 24.8. The van der Waals surface area contributed by atoms with Crippen LogP contribution in [0.2, 0.25) is 0 Å². The third-order valence-corrected chi connectivity index (χ3v) is 5.60. The zero-order valence-corrected chi connectivity index (χ0v) is 18.3. The van der Waals surface area contributed by atoms with Crippen LogP contribution < -0.4 is 15.0 Å². The molecule has 1 aliphatic heterocycles. The van der Waals surface area contributed by atoms with E-state index in [2.05, 4.69) is 5.32 Å². The highest BCUT2D eigenvalue weighted by molar-refractivity contribution is 6.02. The predicted molar refractivity (Wildman–Crippen MR) is 116 cm³/mol. The number of hydrogen-bond acceptors (Lipinski definition) is 7. The first-order valence-electron chi connectivity index (χ1n) is 10.2. The van der Waals surface area contributed by atoms with Gasteiger partial charge in [0.05, 0.1) is 36.0 Å². The molecule has 1 amide bonds. The molecular formula is C22H22F3N3O6. The normalized spacial score (nSPS) is 14.4. The molecule has 0 spiro atoms. The summed E-state index contributed by atoms with van der Waals surface area (Å²) in [5.74, 6) is -1.06. The minimum absolute atomic E-state index is 0.0694. The summed E-state index contributed by atoms with van der Waals surface area (Å²) in [7, 11) is 2.65. The molecule has 0 unspecified atom stereocenters. The summed E-state index contributed by atoms with van der Waals surface area (Å²) >= 11 is 0. The number of methoxy groups -OCH3 is 2. The molecule has 0 saturated carbocycles. The van der Waals surface area contributed by atoms with Gasteiger partial charge >= 0.3 is 12.1 Å². The Labute approximate surface area is 192 Å². The molecule has 34 heavy (non-hydrogen) atoms. The quantitative estimate of drug-likeness (QED) is 0.373. The van der Waals surface area contributed by atoms with Crippen molar-refractivity contribution in [1.82, 2.24) is 0 Å². The second-order valence-electron chi connectivity index (χ2n) is 7.61. The number of esters is 1. The molecule has 1 aliphatic rings. The van der Waals surface area contributed by atoms with Crippen molar-refractivity contribution in [3.8, 4) is 5.75 Å². The van der Waals surface area contributed by atoms with Gasteiger partial charge in [-0.25, -0.2) is 4.79 Å². The number of ether oxygens (including phenoxy) is 2. The largest absolute Gasteiger partial charge is 0.497 e. The molecule has 2 aromatic carbocycles. The fraction of sp³-hybridized carbons (Fsp3) is 0.364. The van der Waals surface area contributed by atoms with Crippen LogP contribution in [-0.4, -0.2) is 44.1 Å². The zero-order valence-electron chi connectivity index (χ0n) is 18.3. The van der Waals surface area contributed by atoms with E-state index in [1.165, 1.54) is 26.4 Å². The highest BCUT2D eigenvalue weighted by atomic mass is 19.4. The van der Waals surface area contributed by atoms with E-state index < -0.39 is 34.2 Å². The lowest BCUT2D eigenvalue weighted by atomic mass is 9.95. The van der Waals surface area contributed by atoms with Crippen LogP contribution >= 0.6 is 0 Å². The Morgan fingerprint density at radius 3 is 2.35 bits per heavy atom. The van der Waals surface area contributed by atoms with Crippen LogP contribution in [0.5, 0.6) is 5.75 Å². The van der Waals surface area contributed by atoms with Crippen molar-refractivity contribution >= 4 is 28.9 Å². The van der Waals surface area contributed by atoms with E-state index in [0.29, 0.717) is 24.7 Å². The zero-order chi connectivity index (χ0) is 25.0. The van der Waals surface area contributed by atoms with Gasteiger partial charge in [0.15, 0.2) is 0 Å². The number of halogens is 3. The number of hydrogen-bond donors (Lipinski definition) is 1. The van der Waals surface area contributed by atoms with Gasteiger partial charge in [-0.15, -0.1) is 0 Å². The summed E-state index contributed by atoms with van der Waals surface area (Å²) in [5.41, 5.74) is -1.30. The molecule has 2 aromatic rings. The van der Waals surface area contributed by atoms with Gasteiger partial charge in [0, 0.05) is 25.1 Å². The number of amides is 1. The Balaban J connectivity index is 1.72. The molecule has 0 aliphatic carbocycles. The molecule has 0 bridgehead atoms. The van der Waals surface area contributed by atoms with Crippen molar-refractivity contribution in [1.29, 1.82) is 0 Å². The van der Waals surface area contributed by atoms with Gasteiger partial charge in [-0.05, 0) is 43.2 Å².